The maximum absolute atomic E-state index is 12.0. The van der Waals surface area contributed by atoms with Gasteiger partial charge in [-0.05, 0) is 57.7 Å². The van der Waals surface area contributed by atoms with E-state index in [1.807, 2.05) is 6.20 Å². The standard InChI is InChI=1S/C17H26N4O/c1-21-10-3-2-6-14(21)8-9-17(22)19-12-16-18-11-13-5-4-7-15(13)20-16/h11,14H,2-10,12H2,1H3,(H,19,22)/t14-/m0/s1. The minimum absolute atomic E-state index is 0.114. The van der Waals surface area contributed by atoms with Crippen molar-refractivity contribution in [1.29, 1.82) is 0 Å². The number of hydrogen-bond donors (Lipinski definition) is 1. The number of carbonyl (C=O) groups excluding carboxylic acids is 1. The molecule has 0 spiro atoms. The summed E-state index contributed by atoms with van der Waals surface area (Å²) in [5.41, 5.74) is 2.44. The lowest BCUT2D eigenvalue weighted by molar-refractivity contribution is -0.121. The predicted molar refractivity (Wildman–Crippen MR) is 85.4 cm³/mol. The molecule has 0 radical (unpaired) electrons. The van der Waals surface area contributed by atoms with Gasteiger partial charge in [-0.2, -0.15) is 0 Å². The second-order valence-electron chi connectivity index (χ2n) is 6.56. The number of aryl methyl sites for hydroxylation is 2. The molecule has 0 aromatic carbocycles. The highest BCUT2D eigenvalue weighted by atomic mass is 16.1. The molecule has 1 aliphatic heterocycles. The van der Waals surface area contributed by atoms with Crippen molar-refractivity contribution in [2.24, 2.45) is 0 Å². The third-order valence-electron chi connectivity index (χ3n) is 4.93. The third kappa shape index (κ3) is 3.83. The van der Waals surface area contributed by atoms with E-state index < -0.39 is 0 Å². The molecule has 5 heteroatoms. The topological polar surface area (TPSA) is 58.1 Å². The van der Waals surface area contributed by atoms with E-state index in [9.17, 15) is 4.79 Å². The first-order valence-electron chi connectivity index (χ1n) is 8.53. The lowest BCUT2D eigenvalue weighted by Crippen LogP contribution is -2.37. The summed E-state index contributed by atoms with van der Waals surface area (Å²) in [6.07, 6.45) is 10.6. The molecule has 1 aromatic heterocycles. The molecule has 1 N–H and O–H groups in total. The highest BCUT2D eigenvalue weighted by molar-refractivity contribution is 5.75. The lowest BCUT2D eigenvalue weighted by Gasteiger charge is -2.32. The Kier molecular flexibility index (Phi) is 5.03. The second kappa shape index (κ2) is 7.18. The van der Waals surface area contributed by atoms with Crippen molar-refractivity contribution < 1.29 is 4.79 Å². The van der Waals surface area contributed by atoms with E-state index in [-0.39, 0.29) is 5.91 Å². The van der Waals surface area contributed by atoms with Crippen molar-refractivity contribution in [3.05, 3.63) is 23.3 Å². The van der Waals surface area contributed by atoms with Crippen LogP contribution in [0.4, 0.5) is 0 Å². The summed E-state index contributed by atoms with van der Waals surface area (Å²) in [6.45, 7) is 1.61. The molecule has 1 saturated heterocycles. The molecule has 0 bridgehead atoms. The van der Waals surface area contributed by atoms with Crippen LogP contribution in [0.1, 0.15) is 55.6 Å². The number of likely N-dealkylation sites (tertiary alicyclic amines) is 1. The van der Waals surface area contributed by atoms with E-state index in [1.165, 1.54) is 36.9 Å². The van der Waals surface area contributed by atoms with E-state index in [0.29, 0.717) is 19.0 Å². The number of carbonyl (C=O) groups is 1. The Morgan fingerprint density at radius 2 is 2.27 bits per heavy atom. The van der Waals surface area contributed by atoms with Crippen LogP contribution in [0.25, 0.3) is 0 Å². The number of fused-ring (bicyclic) bond motifs is 1. The number of hydrogen-bond acceptors (Lipinski definition) is 4. The molecule has 2 heterocycles. The second-order valence-corrected chi connectivity index (χ2v) is 6.56. The van der Waals surface area contributed by atoms with Gasteiger partial charge in [0.2, 0.25) is 5.91 Å². The van der Waals surface area contributed by atoms with E-state index in [4.69, 9.17) is 0 Å². The normalized spacial score (nSPS) is 21.6. The van der Waals surface area contributed by atoms with Gasteiger partial charge in [-0.25, -0.2) is 9.97 Å². The van der Waals surface area contributed by atoms with E-state index >= 15 is 0 Å². The van der Waals surface area contributed by atoms with Gasteiger partial charge in [0.15, 0.2) is 0 Å². The molecule has 1 aromatic rings. The summed E-state index contributed by atoms with van der Waals surface area (Å²) in [7, 11) is 2.17. The summed E-state index contributed by atoms with van der Waals surface area (Å²) in [5, 5.41) is 2.96. The largest absolute Gasteiger partial charge is 0.349 e. The van der Waals surface area contributed by atoms with Crippen LogP contribution < -0.4 is 5.32 Å². The molecule has 0 unspecified atom stereocenters. The van der Waals surface area contributed by atoms with Crippen molar-refractivity contribution in [2.75, 3.05) is 13.6 Å². The first kappa shape index (κ1) is 15.4. The van der Waals surface area contributed by atoms with Gasteiger partial charge in [0.25, 0.3) is 0 Å². The van der Waals surface area contributed by atoms with Gasteiger partial charge in [0, 0.05) is 24.4 Å². The van der Waals surface area contributed by atoms with Crippen molar-refractivity contribution in [3.63, 3.8) is 0 Å². The van der Waals surface area contributed by atoms with Crippen molar-refractivity contribution in [1.82, 2.24) is 20.2 Å². The Balaban J connectivity index is 1.42. The monoisotopic (exact) mass is 302 g/mol. The molecule has 2 aliphatic rings. The molecule has 3 rings (SSSR count). The molecule has 1 amide bonds. The number of nitrogens with zero attached hydrogens (tertiary/aromatic N) is 3. The molecule has 22 heavy (non-hydrogen) atoms. The van der Waals surface area contributed by atoms with Crippen LogP contribution in [-0.2, 0) is 24.2 Å². The Morgan fingerprint density at radius 1 is 1.36 bits per heavy atom. The fourth-order valence-corrected chi connectivity index (χ4v) is 3.51. The number of amides is 1. The summed E-state index contributed by atoms with van der Waals surface area (Å²) < 4.78 is 0. The Bertz CT molecular complexity index is 531. The lowest BCUT2D eigenvalue weighted by atomic mass is 9.98. The van der Waals surface area contributed by atoms with Gasteiger partial charge < -0.3 is 10.2 Å². The fraction of sp³-hybridized carbons (Fsp3) is 0.706. The van der Waals surface area contributed by atoms with Crippen LogP contribution in [0.15, 0.2) is 6.20 Å². The third-order valence-corrected chi connectivity index (χ3v) is 4.93. The first-order chi connectivity index (χ1) is 10.7. The maximum Gasteiger partial charge on any atom is 0.220 e. The molecule has 5 nitrogen and oxygen atoms in total. The van der Waals surface area contributed by atoms with E-state index in [2.05, 4.69) is 27.2 Å². The summed E-state index contributed by atoms with van der Waals surface area (Å²) in [5.74, 6) is 0.854. The maximum atomic E-state index is 12.0. The highest BCUT2D eigenvalue weighted by Gasteiger charge is 2.19. The number of aromatic nitrogens is 2. The van der Waals surface area contributed by atoms with Gasteiger partial charge >= 0.3 is 0 Å². The van der Waals surface area contributed by atoms with Gasteiger partial charge in [0.1, 0.15) is 5.82 Å². The molecule has 1 aliphatic carbocycles. The summed E-state index contributed by atoms with van der Waals surface area (Å²) in [4.78, 5) is 23.3. The van der Waals surface area contributed by atoms with Crippen LogP contribution >= 0.6 is 0 Å². The van der Waals surface area contributed by atoms with Crippen LogP contribution in [-0.4, -0.2) is 40.4 Å². The fourth-order valence-electron chi connectivity index (χ4n) is 3.51. The zero-order valence-corrected chi connectivity index (χ0v) is 13.5. The Labute approximate surface area is 132 Å². The van der Waals surface area contributed by atoms with E-state index in [0.717, 1.165) is 31.6 Å². The minimum Gasteiger partial charge on any atom is -0.349 e. The zero-order valence-electron chi connectivity index (χ0n) is 13.5. The molecule has 1 atom stereocenters. The minimum atomic E-state index is 0.114. The van der Waals surface area contributed by atoms with Gasteiger partial charge in [-0.1, -0.05) is 6.42 Å². The van der Waals surface area contributed by atoms with Crippen LogP contribution in [0, 0.1) is 0 Å². The molecule has 0 saturated carbocycles. The smallest absolute Gasteiger partial charge is 0.220 e. The average molecular weight is 302 g/mol. The number of nitrogens with one attached hydrogen (secondary N) is 1. The molecular formula is C17H26N4O. The molecular weight excluding hydrogens is 276 g/mol. The zero-order chi connectivity index (χ0) is 15.4. The average Bonchev–Trinajstić information content (AvgIpc) is 2.99. The van der Waals surface area contributed by atoms with Gasteiger partial charge in [0.05, 0.1) is 6.54 Å². The quantitative estimate of drug-likeness (QED) is 0.902. The summed E-state index contributed by atoms with van der Waals surface area (Å²) >= 11 is 0. The van der Waals surface area contributed by atoms with Crippen LogP contribution in [0.2, 0.25) is 0 Å². The first-order valence-corrected chi connectivity index (χ1v) is 8.53. The predicted octanol–water partition coefficient (Wildman–Crippen LogP) is 1.85. The highest BCUT2D eigenvalue weighted by Crippen LogP contribution is 2.19. The van der Waals surface area contributed by atoms with E-state index in [1.54, 1.807) is 0 Å². The number of piperidine rings is 1. The van der Waals surface area contributed by atoms with Crippen molar-refractivity contribution in [2.45, 2.75) is 64.0 Å². The Morgan fingerprint density at radius 3 is 3.14 bits per heavy atom. The Hall–Kier alpha value is -1.49. The van der Waals surface area contributed by atoms with Crippen LogP contribution in [0.3, 0.4) is 0 Å². The van der Waals surface area contributed by atoms with Crippen molar-refractivity contribution >= 4 is 5.91 Å². The molecule has 1 fully saturated rings. The van der Waals surface area contributed by atoms with Crippen LogP contribution in [0.5, 0.6) is 0 Å². The van der Waals surface area contributed by atoms with Gasteiger partial charge in [-0.15, -0.1) is 0 Å². The van der Waals surface area contributed by atoms with Gasteiger partial charge in [-0.3, -0.25) is 4.79 Å². The molecule has 120 valence electrons. The SMILES string of the molecule is CN1CCCC[C@H]1CCC(=O)NCc1ncc2c(n1)CCC2. The van der Waals surface area contributed by atoms with Crippen molar-refractivity contribution in [3.8, 4) is 0 Å². The summed E-state index contributed by atoms with van der Waals surface area (Å²) in [6, 6.07) is 0.566. The number of rotatable bonds is 5.